The summed E-state index contributed by atoms with van der Waals surface area (Å²) in [6, 6.07) is 12.2. The maximum atomic E-state index is 12.3. The SMILES string of the molecule is N#CC1=C(N)N=C(SCc2ccccc2)C(C(N)=O)C12CCCC2. The first-order valence-electron chi connectivity index (χ1n) is 8.03. The van der Waals surface area contributed by atoms with Crippen molar-refractivity contribution in [3.63, 3.8) is 0 Å². The fourth-order valence-electron chi connectivity index (χ4n) is 3.83. The van der Waals surface area contributed by atoms with Gasteiger partial charge in [0.25, 0.3) is 0 Å². The van der Waals surface area contributed by atoms with Crippen LogP contribution in [0.3, 0.4) is 0 Å². The van der Waals surface area contributed by atoms with Gasteiger partial charge >= 0.3 is 0 Å². The Bertz CT molecular complexity index is 742. The lowest BCUT2D eigenvalue weighted by molar-refractivity contribution is -0.122. The summed E-state index contributed by atoms with van der Waals surface area (Å²) >= 11 is 1.49. The quantitative estimate of drug-likeness (QED) is 0.882. The number of nitriles is 1. The van der Waals surface area contributed by atoms with Gasteiger partial charge in [-0.05, 0) is 18.4 Å². The third-order valence-electron chi connectivity index (χ3n) is 4.91. The number of carbonyl (C=O) groups is 1. The van der Waals surface area contributed by atoms with Crippen LogP contribution in [0.25, 0.3) is 0 Å². The molecule has 0 bridgehead atoms. The first kappa shape index (κ1) is 16.6. The van der Waals surface area contributed by atoms with E-state index in [0.717, 1.165) is 31.2 Å². The number of allylic oxidation sites excluding steroid dienone is 1. The van der Waals surface area contributed by atoms with Crippen LogP contribution in [0.4, 0.5) is 0 Å². The lowest BCUT2D eigenvalue weighted by Gasteiger charge is -2.38. The van der Waals surface area contributed by atoms with E-state index in [1.807, 2.05) is 30.3 Å². The van der Waals surface area contributed by atoms with Crippen molar-refractivity contribution in [3.05, 3.63) is 47.3 Å². The molecule has 1 aliphatic carbocycles. The molecule has 5 nitrogen and oxygen atoms in total. The van der Waals surface area contributed by atoms with Crippen molar-refractivity contribution in [3.8, 4) is 6.07 Å². The zero-order valence-electron chi connectivity index (χ0n) is 13.4. The predicted molar refractivity (Wildman–Crippen MR) is 95.6 cm³/mol. The van der Waals surface area contributed by atoms with E-state index in [-0.39, 0.29) is 5.82 Å². The molecule has 124 valence electrons. The second kappa shape index (κ2) is 6.70. The van der Waals surface area contributed by atoms with Crippen molar-refractivity contribution in [1.82, 2.24) is 0 Å². The molecule has 4 N–H and O–H groups in total. The van der Waals surface area contributed by atoms with Gasteiger partial charge in [-0.1, -0.05) is 43.2 Å². The number of amides is 1. The molecule has 1 heterocycles. The molecule has 1 saturated carbocycles. The smallest absolute Gasteiger partial charge is 0.228 e. The summed E-state index contributed by atoms with van der Waals surface area (Å²) in [6.45, 7) is 0. The highest BCUT2D eigenvalue weighted by Gasteiger charge is 2.52. The average molecular weight is 340 g/mol. The number of thioether (sulfide) groups is 1. The van der Waals surface area contributed by atoms with E-state index in [4.69, 9.17) is 11.5 Å². The molecule has 6 heteroatoms. The molecule has 1 fully saturated rings. The van der Waals surface area contributed by atoms with Crippen LogP contribution in [0.2, 0.25) is 0 Å². The molecule has 1 aromatic rings. The summed E-state index contributed by atoms with van der Waals surface area (Å²) in [4.78, 5) is 16.6. The Labute approximate surface area is 145 Å². The number of aliphatic imine (C=N–C) groups is 1. The van der Waals surface area contributed by atoms with Crippen molar-refractivity contribution in [2.45, 2.75) is 31.4 Å². The average Bonchev–Trinajstić information content (AvgIpc) is 3.03. The molecule has 1 amide bonds. The van der Waals surface area contributed by atoms with E-state index in [9.17, 15) is 10.1 Å². The van der Waals surface area contributed by atoms with Crippen LogP contribution in [0, 0.1) is 22.7 Å². The molecule has 1 unspecified atom stereocenters. The second-order valence-electron chi connectivity index (χ2n) is 6.29. The van der Waals surface area contributed by atoms with Gasteiger partial charge in [-0.2, -0.15) is 5.26 Å². The van der Waals surface area contributed by atoms with E-state index in [0.29, 0.717) is 16.4 Å². The molecule has 0 radical (unpaired) electrons. The fraction of sp³-hybridized carbons (Fsp3) is 0.389. The molecule has 1 spiro atoms. The molecule has 24 heavy (non-hydrogen) atoms. The highest BCUT2D eigenvalue weighted by molar-refractivity contribution is 8.13. The van der Waals surface area contributed by atoms with Crippen LogP contribution >= 0.6 is 11.8 Å². The van der Waals surface area contributed by atoms with Gasteiger partial charge in [0.2, 0.25) is 5.91 Å². The minimum absolute atomic E-state index is 0.243. The van der Waals surface area contributed by atoms with Crippen LogP contribution < -0.4 is 11.5 Å². The van der Waals surface area contributed by atoms with Gasteiger partial charge in [0, 0.05) is 11.2 Å². The first-order valence-corrected chi connectivity index (χ1v) is 9.02. The summed E-state index contributed by atoms with van der Waals surface area (Å²) in [6.07, 6.45) is 3.46. The standard InChI is InChI=1S/C18H20N4OS/c19-10-13-15(20)22-17(24-11-12-6-2-1-3-7-12)14(16(21)23)18(13)8-4-5-9-18/h1-3,6-7,14H,4-5,8-9,11,20H2,(H2,21,23). The summed E-state index contributed by atoms with van der Waals surface area (Å²) in [5.74, 6) is -0.0473. The molecular weight excluding hydrogens is 320 g/mol. The third-order valence-corrected chi connectivity index (χ3v) is 6.01. The van der Waals surface area contributed by atoms with E-state index < -0.39 is 17.2 Å². The molecule has 3 rings (SSSR count). The normalized spacial score (nSPS) is 22.3. The zero-order valence-corrected chi connectivity index (χ0v) is 14.2. The van der Waals surface area contributed by atoms with Crippen LogP contribution in [-0.4, -0.2) is 11.0 Å². The second-order valence-corrected chi connectivity index (χ2v) is 7.29. The molecule has 0 aromatic heterocycles. The van der Waals surface area contributed by atoms with E-state index >= 15 is 0 Å². The monoisotopic (exact) mass is 340 g/mol. The Morgan fingerprint density at radius 3 is 2.58 bits per heavy atom. The Kier molecular flexibility index (Phi) is 4.63. The highest BCUT2D eigenvalue weighted by atomic mass is 32.2. The van der Waals surface area contributed by atoms with E-state index in [1.54, 1.807) is 0 Å². The minimum Gasteiger partial charge on any atom is -0.383 e. The topological polar surface area (TPSA) is 105 Å². The van der Waals surface area contributed by atoms with Crippen molar-refractivity contribution in [1.29, 1.82) is 5.26 Å². The van der Waals surface area contributed by atoms with Gasteiger partial charge in [0.15, 0.2) is 0 Å². The van der Waals surface area contributed by atoms with Crippen molar-refractivity contribution < 1.29 is 4.79 Å². The molecule has 2 aliphatic rings. The highest BCUT2D eigenvalue weighted by Crippen LogP contribution is 2.53. The van der Waals surface area contributed by atoms with Gasteiger partial charge < -0.3 is 11.5 Å². The van der Waals surface area contributed by atoms with Crippen LogP contribution in [0.1, 0.15) is 31.2 Å². The molecule has 1 atom stereocenters. The maximum absolute atomic E-state index is 12.3. The zero-order chi connectivity index (χ0) is 17.2. The summed E-state index contributed by atoms with van der Waals surface area (Å²) in [7, 11) is 0. The molecular formula is C18H20N4OS. The van der Waals surface area contributed by atoms with Gasteiger partial charge in [-0.3, -0.25) is 4.79 Å². The van der Waals surface area contributed by atoms with Gasteiger partial charge in [-0.25, -0.2) is 4.99 Å². The summed E-state index contributed by atoms with van der Waals surface area (Å²) < 4.78 is 0. The first-order chi connectivity index (χ1) is 11.6. The van der Waals surface area contributed by atoms with Crippen molar-refractivity contribution in [2.24, 2.45) is 27.8 Å². The number of nitrogens with two attached hydrogens (primary N) is 2. The van der Waals surface area contributed by atoms with E-state index in [1.165, 1.54) is 11.8 Å². The van der Waals surface area contributed by atoms with Crippen LogP contribution in [0.5, 0.6) is 0 Å². The summed E-state index contributed by atoms with van der Waals surface area (Å²) in [5.41, 5.74) is 12.8. The van der Waals surface area contributed by atoms with Crippen LogP contribution in [0.15, 0.2) is 46.7 Å². The Hall–Kier alpha value is -2.26. The molecule has 1 aliphatic heterocycles. The Morgan fingerprint density at radius 2 is 2.00 bits per heavy atom. The third kappa shape index (κ3) is 2.80. The van der Waals surface area contributed by atoms with Gasteiger partial charge in [0.1, 0.15) is 5.82 Å². The van der Waals surface area contributed by atoms with Gasteiger partial charge in [0.05, 0.1) is 22.6 Å². The van der Waals surface area contributed by atoms with Gasteiger partial charge in [-0.15, -0.1) is 11.8 Å². The predicted octanol–water partition coefficient (Wildman–Crippen LogP) is 2.69. The number of rotatable bonds is 3. The molecule has 1 aromatic carbocycles. The lowest BCUT2D eigenvalue weighted by atomic mass is 9.67. The number of carbonyl (C=O) groups excluding carboxylic acids is 1. The Morgan fingerprint density at radius 1 is 1.33 bits per heavy atom. The van der Waals surface area contributed by atoms with Crippen molar-refractivity contribution >= 4 is 22.7 Å². The number of benzene rings is 1. The number of hydrogen-bond acceptors (Lipinski definition) is 5. The fourth-order valence-corrected chi connectivity index (χ4v) is 5.01. The maximum Gasteiger partial charge on any atom is 0.228 e. The number of primary amides is 1. The largest absolute Gasteiger partial charge is 0.383 e. The Balaban J connectivity index is 1.96. The van der Waals surface area contributed by atoms with E-state index in [2.05, 4.69) is 11.1 Å². The van der Waals surface area contributed by atoms with Crippen LogP contribution in [-0.2, 0) is 10.5 Å². The van der Waals surface area contributed by atoms with Crippen molar-refractivity contribution in [2.75, 3.05) is 0 Å². The number of nitrogens with zero attached hydrogens (tertiary/aromatic N) is 2. The summed E-state index contributed by atoms with van der Waals surface area (Å²) in [5, 5.41) is 10.2. The number of hydrogen-bond donors (Lipinski definition) is 2. The lowest BCUT2D eigenvalue weighted by Crippen LogP contribution is -2.46. The molecule has 0 saturated heterocycles. The minimum atomic E-state index is -0.564.